The number of rotatable bonds is 7. The van der Waals surface area contributed by atoms with E-state index in [4.69, 9.17) is 4.74 Å². The van der Waals surface area contributed by atoms with Gasteiger partial charge in [-0.15, -0.1) is 0 Å². The van der Waals surface area contributed by atoms with Crippen LogP contribution in [0.5, 0.6) is 0 Å². The monoisotopic (exact) mass is 323 g/mol. The molecule has 0 amide bonds. The Bertz CT molecular complexity index is 391. The Hall–Kier alpha value is -0.120. The van der Waals surface area contributed by atoms with Gasteiger partial charge in [0.15, 0.2) is 0 Å². The van der Waals surface area contributed by atoms with E-state index in [2.05, 4.69) is 26.1 Å². The lowest BCUT2D eigenvalue weighted by Crippen LogP contribution is -2.39. The molecule has 0 radical (unpaired) electrons. The van der Waals surface area contributed by atoms with Crippen molar-refractivity contribution < 1.29 is 9.84 Å². The van der Waals surface area contributed by atoms with E-state index in [-0.39, 0.29) is 6.10 Å². The van der Waals surface area contributed by atoms with Crippen molar-refractivity contribution in [1.82, 2.24) is 5.32 Å². The van der Waals surface area contributed by atoms with E-state index in [1.807, 2.05) is 0 Å². The highest BCUT2D eigenvalue weighted by atomic mass is 16.5. The first kappa shape index (κ1) is 17.7. The highest BCUT2D eigenvalue weighted by Crippen LogP contribution is 2.66. The molecule has 3 saturated carbocycles. The van der Waals surface area contributed by atoms with Gasteiger partial charge in [-0.05, 0) is 55.3 Å². The molecule has 0 saturated heterocycles. The molecule has 0 aromatic heterocycles. The van der Waals surface area contributed by atoms with Crippen LogP contribution >= 0.6 is 0 Å². The smallest absolute Gasteiger partial charge is 0.0686 e. The third-order valence-electron chi connectivity index (χ3n) is 7.73. The molecule has 0 aromatic carbocycles. The topological polar surface area (TPSA) is 41.5 Å². The SMILES string of the molecule is CC1(C)[C@H]2CC[C@]1(C)[C@H](OCC[C@H](O)CNC1CCCCC1)C2. The van der Waals surface area contributed by atoms with Crippen molar-refractivity contribution in [2.24, 2.45) is 16.7 Å². The van der Waals surface area contributed by atoms with Crippen molar-refractivity contribution in [3.63, 3.8) is 0 Å². The summed E-state index contributed by atoms with van der Waals surface area (Å²) in [5.74, 6) is 0.829. The number of hydrogen-bond acceptors (Lipinski definition) is 3. The van der Waals surface area contributed by atoms with Crippen LogP contribution < -0.4 is 5.32 Å². The standard InChI is InChI=1S/C20H37NO2/c1-19(2)15-9-11-20(19,3)18(13-15)23-12-10-17(22)14-21-16-7-5-4-6-8-16/h15-18,21-22H,4-14H2,1-3H3/t15-,17-,18+,20+/m0/s1. The fraction of sp³-hybridized carbons (Fsp3) is 1.00. The lowest BCUT2D eigenvalue weighted by atomic mass is 9.70. The fourth-order valence-electron chi connectivity index (χ4n) is 5.44. The van der Waals surface area contributed by atoms with Crippen molar-refractivity contribution in [2.75, 3.05) is 13.2 Å². The summed E-state index contributed by atoms with van der Waals surface area (Å²) in [7, 11) is 0. The van der Waals surface area contributed by atoms with Gasteiger partial charge < -0.3 is 15.2 Å². The Labute approximate surface area is 142 Å². The molecule has 3 aliphatic rings. The third kappa shape index (κ3) is 3.48. The number of ether oxygens (including phenoxy) is 1. The molecule has 23 heavy (non-hydrogen) atoms. The van der Waals surface area contributed by atoms with Gasteiger partial charge in [-0.2, -0.15) is 0 Å². The van der Waals surface area contributed by atoms with Gasteiger partial charge in [-0.1, -0.05) is 40.0 Å². The summed E-state index contributed by atoms with van der Waals surface area (Å²) < 4.78 is 6.25. The Morgan fingerprint density at radius 3 is 2.48 bits per heavy atom. The summed E-state index contributed by atoms with van der Waals surface area (Å²) in [6.45, 7) is 8.71. The number of hydrogen-bond donors (Lipinski definition) is 2. The van der Waals surface area contributed by atoms with Gasteiger partial charge in [0.25, 0.3) is 0 Å². The van der Waals surface area contributed by atoms with Crippen LogP contribution in [0, 0.1) is 16.7 Å². The summed E-state index contributed by atoms with van der Waals surface area (Å²) in [5, 5.41) is 13.8. The largest absolute Gasteiger partial charge is 0.392 e. The Morgan fingerprint density at radius 2 is 1.87 bits per heavy atom. The zero-order chi connectivity index (χ0) is 16.5. The zero-order valence-corrected chi connectivity index (χ0v) is 15.4. The minimum absolute atomic E-state index is 0.267. The molecule has 3 fully saturated rings. The zero-order valence-electron chi connectivity index (χ0n) is 15.4. The van der Waals surface area contributed by atoms with Gasteiger partial charge in [-0.25, -0.2) is 0 Å². The average molecular weight is 324 g/mol. The molecular weight excluding hydrogens is 286 g/mol. The van der Waals surface area contributed by atoms with Crippen LogP contribution in [0.3, 0.4) is 0 Å². The summed E-state index contributed by atoms with van der Waals surface area (Å²) in [4.78, 5) is 0. The van der Waals surface area contributed by atoms with Gasteiger partial charge in [0.2, 0.25) is 0 Å². The highest BCUT2D eigenvalue weighted by Gasteiger charge is 2.61. The molecular formula is C20H37NO2. The van der Waals surface area contributed by atoms with E-state index in [0.29, 0.717) is 29.6 Å². The molecule has 2 N–H and O–H groups in total. The highest BCUT2D eigenvalue weighted by molar-refractivity contribution is 5.11. The van der Waals surface area contributed by atoms with Crippen LogP contribution in [0.2, 0.25) is 0 Å². The second kappa shape index (κ2) is 7.01. The van der Waals surface area contributed by atoms with Crippen molar-refractivity contribution in [3.8, 4) is 0 Å². The first-order chi connectivity index (χ1) is 10.9. The molecule has 134 valence electrons. The van der Waals surface area contributed by atoms with E-state index in [1.165, 1.54) is 51.4 Å². The predicted molar refractivity (Wildman–Crippen MR) is 94.5 cm³/mol. The molecule has 0 aliphatic heterocycles. The van der Waals surface area contributed by atoms with Crippen LogP contribution in [-0.2, 0) is 4.74 Å². The minimum Gasteiger partial charge on any atom is -0.392 e. The Balaban J connectivity index is 1.35. The van der Waals surface area contributed by atoms with Crippen molar-refractivity contribution in [1.29, 1.82) is 0 Å². The molecule has 3 heteroatoms. The first-order valence-electron chi connectivity index (χ1n) is 9.96. The van der Waals surface area contributed by atoms with Crippen LogP contribution in [0.15, 0.2) is 0 Å². The molecule has 2 bridgehead atoms. The van der Waals surface area contributed by atoms with Gasteiger partial charge in [0.1, 0.15) is 0 Å². The normalized spacial score (nSPS) is 38.1. The lowest BCUT2D eigenvalue weighted by molar-refractivity contribution is -0.0547. The maximum absolute atomic E-state index is 10.2. The maximum Gasteiger partial charge on any atom is 0.0686 e. The van der Waals surface area contributed by atoms with Crippen LogP contribution in [0.4, 0.5) is 0 Å². The Kier molecular flexibility index (Phi) is 5.40. The number of fused-ring (bicyclic) bond motifs is 2. The number of nitrogens with one attached hydrogen (secondary N) is 1. The van der Waals surface area contributed by atoms with E-state index in [0.717, 1.165) is 18.9 Å². The van der Waals surface area contributed by atoms with Gasteiger partial charge in [-0.3, -0.25) is 0 Å². The molecule has 4 atom stereocenters. The summed E-state index contributed by atoms with van der Waals surface area (Å²) in [5.41, 5.74) is 0.752. The van der Waals surface area contributed by atoms with Crippen LogP contribution in [0.25, 0.3) is 0 Å². The van der Waals surface area contributed by atoms with E-state index in [9.17, 15) is 5.11 Å². The van der Waals surface area contributed by atoms with Gasteiger partial charge in [0.05, 0.1) is 12.2 Å². The second-order valence-electron chi connectivity index (χ2n) is 9.16. The third-order valence-corrected chi connectivity index (χ3v) is 7.73. The summed E-state index contributed by atoms with van der Waals surface area (Å²) >= 11 is 0. The van der Waals surface area contributed by atoms with Gasteiger partial charge in [0, 0.05) is 19.2 Å². The number of aliphatic hydroxyl groups is 1. The molecule has 3 rings (SSSR count). The summed E-state index contributed by atoms with van der Waals surface area (Å²) in [6.07, 6.45) is 11.4. The quantitative estimate of drug-likeness (QED) is 0.747. The van der Waals surface area contributed by atoms with Crippen LogP contribution in [0.1, 0.15) is 78.6 Å². The molecule has 0 spiro atoms. The summed E-state index contributed by atoms with van der Waals surface area (Å²) in [6, 6.07) is 0.629. The first-order valence-corrected chi connectivity index (χ1v) is 9.96. The Morgan fingerprint density at radius 1 is 1.13 bits per heavy atom. The van der Waals surface area contributed by atoms with E-state index >= 15 is 0 Å². The molecule has 0 unspecified atom stereocenters. The van der Waals surface area contributed by atoms with Crippen molar-refractivity contribution in [2.45, 2.75) is 96.8 Å². The molecule has 0 heterocycles. The molecule has 3 nitrogen and oxygen atoms in total. The molecule has 0 aromatic rings. The van der Waals surface area contributed by atoms with Crippen molar-refractivity contribution >= 4 is 0 Å². The van der Waals surface area contributed by atoms with Gasteiger partial charge >= 0.3 is 0 Å². The van der Waals surface area contributed by atoms with Crippen LogP contribution in [-0.4, -0.2) is 36.5 Å². The van der Waals surface area contributed by atoms with E-state index in [1.54, 1.807) is 0 Å². The minimum atomic E-state index is -0.267. The maximum atomic E-state index is 10.2. The average Bonchev–Trinajstić information content (AvgIpc) is 2.87. The molecule has 3 aliphatic carbocycles. The van der Waals surface area contributed by atoms with E-state index < -0.39 is 0 Å². The predicted octanol–water partition coefficient (Wildman–Crippen LogP) is 3.89. The second-order valence-corrected chi connectivity index (χ2v) is 9.16. The number of aliphatic hydroxyl groups excluding tert-OH is 1. The lowest BCUT2D eigenvalue weighted by Gasteiger charge is -2.39. The van der Waals surface area contributed by atoms with Crippen molar-refractivity contribution in [3.05, 3.63) is 0 Å². The fourth-order valence-corrected chi connectivity index (χ4v) is 5.44.